The Labute approximate surface area is 75.4 Å². The van der Waals surface area contributed by atoms with E-state index in [0.717, 1.165) is 5.56 Å². The predicted octanol–water partition coefficient (Wildman–Crippen LogP) is 1.27. The maximum Gasteiger partial charge on any atom is 0.110 e. The summed E-state index contributed by atoms with van der Waals surface area (Å²) in [6.45, 7) is 0.488. The van der Waals surface area contributed by atoms with Gasteiger partial charge in [0.2, 0.25) is 0 Å². The summed E-state index contributed by atoms with van der Waals surface area (Å²) < 4.78 is 4.90. The Morgan fingerprint density at radius 1 is 1.83 bits per heavy atom. The van der Waals surface area contributed by atoms with Crippen molar-refractivity contribution in [1.29, 1.82) is 5.26 Å². The third-order valence-corrected chi connectivity index (χ3v) is 2.36. The van der Waals surface area contributed by atoms with E-state index in [2.05, 4.69) is 6.07 Å². The SMILES string of the molecule is COCC(N)c1csc(C#N)c1. The monoisotopic (exact) mass is 182 g/mol. The molecule has 1 atom stereocenters. The Bertz CT molecular complexity index is 289. The highest BCUT2D eigenvalue weighted by Crippen LogP contribution is 2.18. The topological polar surface area (TPSA) is 59.0 Å². The second-order valence-electron chi connectivity index (χ2n) is 2.42. The van der Waals surface area contributed by atoms with Crippen LogP contribution in [-0.2, 0) is 4.74 Å². The van der Waals surface area contributed by atoms with E-state index in [1.54, 1.807) is 13.2 Å². The van der Waals surface area contributed by atoms with Gasteiger partial charge in [0.1, 0.15) is 10.9 Å². The van der Waals surface area contributed by atoms with Crippen LogP contribution in [0.4, 0.5) is 0 Å². The lowest BCUT2D eigenvalue weighted by Gasteiger charge is -2.06. The van der Waals surface area contributed by atoms with E-state index in [-0.39, 0.29) is 6.04 Å². The summed E-state index contributed by atoms with van der Waals surface area (Å²) >= 11 is 1.41. The maximum absolute atomic E-state index is 8.55. The highest BCUT2D eigenvalue weighted by Gasteiger charge is 2.07. The second-order valence-corrected chi connectivity index (χ2v) is 3.33. The molecule has 0 saturated carbocycles. The van der Waals surface area contributed by atoms with Gasteiger partial charge in [-0.3, -0.25) is 0 Å². The Hall–Kier alpha value is -0.890. The summed E-state index contributed by atoms with van der Waals surface area (Å²) in [5.74, 6) is 0. The number of hydrogen-bond acceptors (Lipinski definition) is 4. The molecule has 0 aliphatic carbocycles. The largest absolute Gasteiger partial charge is 0.383 e. The number of nitrogens with zero attached hydrogens (tertiary/aromatic N) is 1. The number of rotatable bonds is 3. The van der Waals surface area contributed by atoms with Crippen molar-refractivity contribution in [2.24, 2.45) is 5.73 Å². The molecule has 0 aliphatic heterocycles. The van der Waals surface area contributed by atoms with Crippen LogP contribution in [-0.4, -0.2) is 13.7 Å². The lowest BCUT2D eigenvalue weighted by Crippen LogP contribution is -2.14. The van der Waals surface area contributed by atoms with Gasteiger partial charge in [-0.25, -0.2) is 0 Å². The number of thiophene rings is 1. The lowest BCUT2D eigenvalue weighted by molar-refractivity contribution is 0.181. The number of hydrogen-bond donors (Lipinski definition) is 1. The summed E-state index contributed by atoms with van der Waals surface area (Å²) in [4.78, 5) is 0.691. The van der Waals surface area contributed by atoms with E-state index in [9.17, 15) is 0 Å². The molecule has 0 aromatic carbocycles. The highest BCUT2D eigenvalue weighted by molar-refractivity contribution is 7.10. The predicted molar refractivity (Wildman–Crippen MR) is 47.8 cm³/mol. The van der Waals surface area contributed by atoms with E-state index < -0.39 is 0 Å². The fourth-order valence-electron chi connectivity index (χ4n) is 0.880. The van der Waals surface area contributed by atoms with Gasteiger partial charge in [-0.1, -0.05) is 0 Å². The van der Waals surface area contributed by atoms with Crippen LogP contribution in [0.25, 0.3) is 0 Å². The summed E-state index contributed by atoms with van der Waals surface area (Å²) in [7, 11) is 1.61. The quantitative estimate of drug-likeness (QED) is 0.765. The first-order valence-electron chi connectivity index (χ1n) is 3.51. The third-order valence-electron chi connectivity index (χ3n) is 1.50. The molecule has 1 aromatic heterocycles. The van der Waals surface area contributed by atoms with Crippen molar-refractivity contribution in [3.8, 4) is 6.07 Å². The average molecular weight is 182 g/mol. The molecule has 0 aliphatic rings. The fraction of sp³-hybridized carbons (Fsp3) is 0.375. The van der Waals surface area contributed by atoms with E-state index in [4.69, 9.17) is 15.7 Å². The maximum atomic E-state index is 8.55. The minimum atomic E-state index is -0.117. The Morgan fingerprint density at radius 2 is 2.58 bits per heavy atom. The van der Waals surface area contributed by atoms with Crippen LogP contribution in [0.3, 0.4) is 0 Å². The van der Waals surface area contributed by atoms with Crippen molar-refractivity contribution in [2.75, 3.05) is 13.7 Å². The molecular formula is C8H10N2OS. The highest BCUT2D eigenvalue weighted by atomic mass is 32.1. The van der Waals surface area contributed by atoms with E-state index >= 15 is 0 Å². The molecule has 3 nitrogen and oxygen atoms in total. The van der Waals surface area contributed by atoms with Gasteiger partial charge in [0.15, 0.2) is 0 Å². The first-order valence-corrected chi connectivity index (χ1v) is 4.39. The standard InChI is InChI=1S/C8H10N2OS/c1-11-4-8(10)6-2-7(3-9)12-5-6/h2,5,8H,4,10H2,1H3. The molecule has 1 unspecified atom stereocenters. The van der Waals surface area contributed by atoms with Gasteiger partial charge in [0, 0.05) is 7.11 Å². The van der Waals surface area contributed by atoms with Gasteiger partial charge < -0.3 is 10.5 Å². The molecular weight excluding hydrogens is 172 g/mol. The van der Waals surface area contributed by atoms with Gasteiger partial charge in [-0.2, -0.15) is 5.26 Å². The zero-order valence-corrected chi connectivity index (χ0v) is 7.60. The van der Waals surface area contributed by atoms with Crippen molar-refractivity contribution in [1.82, 2.24) is 0 Å². The van der Waals surface area contributed by atoms with Gasteiger partial charge >= 0.3 is 0 Å². The minimum absolute atomic E-state index is 0.117. The van der Waals surface area contributed by atoms with Crippen LogP contribution in [0.2, 0.25) is 0 Å². The van der Waals surface area contributed by atoms with Crippen LogP contribution in [0, 0.1) is 11.3 Å². The van der Waals surface area contributed by atoms with Crippen LogP contribution in [0.15, 0.2) is 11.4 Å². The van der Waals surface area contributed by atoms with Gasteiger partial charge in [-0.15, -0.1) is 11.3 Å². The minimum Gasteiger partial charge on any atom is -0.383 e. The molecule has 0 spiro atoms. The molecule has 1 heterocycles. The van der Waals surface area contributed by atoms with Crippen LogP contribution >= 0.6 is 11.3 Å². The van der Waals surface area contributed by atoms with Crippen molar-refractivity contribution in [3.63, 3.8) is 0 Å². The molecule has 2 N–H and O–H groups in total. The first kappa shape index (κ1) is 9.20. The smallest absolute Gasteiger partial charge is 0.110 e. The molecule has 0 fully saturated rings. The molecule has 1 rings (SSSR count). The second kappa shape index (κ2) is 4.21. The van der Waals surface area contributed by atoms with E-state index in [1.807, 2.05) is 5.38 Å². The number of nitriles is 1. The number of nitrogens with two attached hydrogens (primary N) is 1. The normalized spacial score (nSPS) is 12.4. The zero-order chi connectivity index (χ0) is 8.97. The molecule has 0 saturated heterocycles. The third kappa shape index (κ3) is 2.05. The van der Waals surface area contributed by atoms with Crippen LogP contribution < -0.4 is 5.73 Å². The first-order chi connectivity index (χ1) is 5.77. The van der Waals surface area contributed by atoms with Crippen molar-refractivity contribution in [3.05, 3.63) is 21.9 Å². The summed E-state index contributed by atoms with van der Waals surface area (Å²) in [6, 6.07) is 3.75. The fourth-order valence-corrected chi connectivity index (χ4v) is 1.64. The van der Waals surface area contributed by atoms with E-state index in [1.165, 1.54) is 11.3 Å². The van der Waals surface area contributed by atoms with E-state index in [0.29, 0.717) is 11.5 Å². The summed E-state index contributed by atoms with van der Waals surface area (Å²) in [5, 5.41) is 10.4. The molecule has 0 amide bonds. The van der Waals surface area contributed by atoms with Crippen LogP contribution in [0.1, 0.15) is 16.5 Å². The number of methoxy groups -OCH3 is 1. The van der Waals surface area contributed by atoms with Crippen LogP contribution in [0.5, 0.6) is 0 Å². The van der Waals surface area contributed by atoms with Crippen molar-refractivity contribution < 1.29 is 4.74 Å². The van der Waals surface area contributed by atoms with Gasteiger partial charge in [0.05, 0.1) is 12.6 Å². The average Bonchev–Trinajstić information content (AvgIpc) is 2.52. The molecule has 12 heavy (non-hydrogen) atoms. The molecule has 0 radical (unpaired) electrons. The summed E-state index contributed by atoms with van der Waals surface area (Å²) in [6.07, 6.45) is 0. The Morgan fingerprint density at radius 3 is 3.08 bits per heavy atom. The molecule has 1 aromatic rings. The van der Waals surface area contributed by atoms with Crippen molar-refractivity contribution in [2.45, 2.75) is 6.04 Å². The molecule has 4 heteroatoms. The lowest BCUT2D eigenvalue weighted by atomic mass is 10.2. The number of ether oxygens (including phenoxy) is 1. The molecule has 0 bridgehead atoms. The van der Waals surface area contributed by atoms with Gasteiger partial charge in [0.25, 0.3) is 0 Å². The summed E-state index contributed by atoms with van der Waals surface area (Å²) in [5.41, 5.74) is 6.72. The van der Waals surface area contributed by atoms with Crippen molar-refractivity contribution >= 4 is 11.3 Å². The molecule has 64 valence electrons. The van der Waals surface area contributed by atoms with Gasteiger partial charge in [-0.05, 0) is 17.0 Å². The Kier molecular flexibility index (Phi) is 3.23. The Balaban J connectivity index is 2.69. The zero-order valence-electron chi connectivity index (χ0n) is 6.78.